The Morgan fingerprint density at radius 1 is 0.833 bits per heavy atom. The Morgan fingerprint density at radius 2 is 1.40 bits per heavy atom. The molecular formula is C18H18Na2O8S2. The molecule has 0 atom stereocenters. The molecule has 0 radical (unpaired) electrons. The monoisotopic (exact) mass is 472 g/mol. The molecule has 0 fully saturated rings. The number of hydrogen-bond acceptors (Lipinski definition) is 8. The molecule has 0 aromatic heterocycles. The second kappa shape index (κ2) is 13.3. The molecule has 0 unspecified atom stereocenters. The first kappa shape index (κ1) is 29.7. The quantitative estimate of drug-likeness (QED) is 0.146. The smallest absolute Gasteiger partial charge is 0.748 e. The average Bonchev–Trinajstić information content (AvgIpc) is 2.60. The molecule has 12 heteroatoms. The molecule has 0 aliphatic rings. The Labute approximate surface area is 220 Å². The van der Waals surface area contributed by atoms with Crippen LogP contribution in [0.2, 0.25) is 0 Å². The maximum atomic E-state index is 10.7. The molecule has 0 bridgehead atoms. The molecule has 2 aromatic carbocycles. The summed E-state index contributed by atoms with van der Waals surface area (Å²) >= 11 is 0. The van der Waals surface area contributed by atoms with Gasteiger partial charge in [-0.3, -0.25) is 0 Å². The maximum absolute atomic E-state index is 10.7. The van der Waals surface area contributed by atoms with Crippen molar-refractivity contribution < 1.29 is 94.5 Å². The summed E-state index contributed by atoms with van der Waals surface area (Å²) in [5.41, 5.74) is 0.451. The van der Waals surface area contributed by atoms with E-state index in [0.717, 1.165) is 0 Å². The zero-order valence-corrected chi connectivity index (χ0v) is 22.4. The van der Waals surface area contributed by atoms with E-state index in [4.69, 9.17) is 15.9 Å². The first-order valence-corrected chi connectivity index (χ1v) is 11.4. The van der Waals surface area contributed by atoms with Gasteiger partial charge in [-0.2, -0.15) is 0 Å². The van der Waals surface area contributed by atoms with Crippen molar-refractivity contribution >= 4 is 31.0 Å². The summed E-state index contributed by atoms with van der Waals surface area (Å²) in [6.07, 6.45) is 5.57. The third-order valence-corrected chi connectivity index (χ3v) is 5.29. The molecule has 8 nitrogen and oxygen atoms in total. The average molecular weight is 472 g/mol. The first-order chi connectivity index (χ1) is 13.1. The van der Waals surface area contributed by atoms with Gasteiger partial charge in [0.05, 0.1) is 39.0 Å². The number of rotatable bonds is 10. The van der Waals surface area contributed by atoms with Crippen LogP contribution in [0, 0.1) is 12.3 Å². The normalized spacial score (nSPS) is 11.1. The van der Waals surface area contributed by atoms with Crippen LogP contribution >= 0.6 is 0 Å². The predicted molar refractivity (Wildman–Crippen MR) is 101 cm³/mol. The second-order valence-electron chi connectivity index (χ2n) is 5.87. The third-order valence-electron chi connectivity index (χ3n) is 3.71. The molecule has 0 saturated carbocycles. The molecule has 0 spiro atoms. The number of hydrogen-bond donors (Lipinski definition) is 0. The van der Waals surface area contributed by atoms with E-state index in [1.165, 1.54) is 0 Å². The van der Waals surface area contributed by atoms with Crippen molar-refractivity contribution in [3.8, 4) is 23.8 Å². The van der Waals surface area contributed by atoms with Crippen LogP contribution in [-0.4, -0.2) is 50.7 Å². The van der Waals surface area contributed by atoms with E-state index < -0.39 is 31.7 Å². The van der Waals surface area contributed by atoms with Crippen molar-refractivity contribution in [2.75, 3.05) is 24.7 Å². The first-order valence-electron chi connectivity index (χ1n) is 8.26. The molecule has 0 amide bonds. The van der Waals surface area contributed by atoms with Crippen LogP contribution in [0.4, 0.5) is 0 Å². The largest absolute Gasteiger partial charge is 1.00 e. The molecule has 0 aliphatic heterocycles. The van der Waals surface area contributed by atoms with E-state index >= 15 is 0 Å². The van der Waals surface area contributed by atoms with Crippen LogP contribution < -0.4 is 68.6 Å². The summed E-state index contributed by atoms with van der Waals surface area (Å²) in [7, 11) is -8.62. The molecule has 2 aromatic rings. The van der Waals surface area contributed by atoms with Gasteiger partial charge < -0.3 is 18.6 Å². The van der Waals surface area contributed by atoms with Crippen molar-refractivity contribution in [2.24, 2.45) is 0 Å². The van der Waals surface area contributed by atoms with Crippen molar-refractivity contribution in [3.05, 3.63) is 35.9 Å². The van der Waals surface area contributed by atoms with E-state index in [-0.39, 0.29) is 85.2 Å². The van der Waals surface area contributed by atoms with Crippen LogP contribution in [0.3, 0.4) is 0 Å². The van der Waals surface area contributed by atoms with Crippen molar-refractivity contribution in [2.45, 2.75) is 12.8 Å². The van der Waals surface area contributed by atoms with Gasteiger partial charge in [0, 0.05) is 22.3 Å². The molecule has 0 aliphatic carbocycles. The predicted octanol–water partition coefficient (Wildman–Crippen LogP) is -4.54. The van der Waals surface area contributed by atoms with E-state index in [1.54, 1.807) is 30.3 Å². The summed E-state index contributed by atoms with van der Waals surface area (Å²) < 4.78 is 75.3. The van der Waals surface area contributed by atoms with Gasteiger partial charge in [0.25, 0.3) is 0 Å². The Bertz CT molecular complexity index is 1090. The topological polar surface area (TPSA) is 133 Å². The number of ether oxygens (including phenoxy) is 2. The maximum Gasteiger partial charge on any atom is 1.00 e. The summed E-state index contributed by atoms with van der Waals surface area (Å²) in [6.45, 7) is 0.0245. The minimum absolute atomic E-state index is 0. The Morgan fingerprint density at radius 3 is 1.93 bits per heavy atom. The molecule has 0 saturated heterocycles. The van der Waals surface area contributed by atoms with E-state index in [1.807, 2.05) is 0 Å². The Hall–Kier alpha value is -0.320. The summed E-state index contributed by atoms with van der Waals surface area (Å²) in [6, 6.07) is 8.47. The standard InChI is InChI=1S/C18H20O8S2.2Na/c1-2-14-8-9-15-16(18(14)26-11-5-13-28(22,23)24)6-3-7-17(15)25-10-4-12-27(19,20)21;;/h1,3,6-9H,4-5,10-13H2,(H,19,20,21)(H,22,23,24);;/q;2*+1/p-2. The van der Waals surface area contributed by atoms with Gasteiger partial charge in [0.1, 0.15) is 11.5 Å². The van der Waals surface area contributed by atoms with Gasteiger partial charge in [-0.05, 0) is 31.0 Å². The van der Waals surface area contributed by atoms with Gasteiger partial charge in [-0.25, -0.2) is 16.8 Å². The van der Waals surface area contributed by atoms with Crippen LogP contribution in [-0.2, 0) is 20.2 Å². The summed E-state index contributed by atoms with van der Waals surface area (Å²) in [5.74, 6) is 2.24. The van der Waals surface area contributed by atoms with Gasteiger partial charge >= 0.3 is 59.1 Å². The number of benzene rings is 2. The molecule has 0 N–H and O–H groups in total. The number of fused-ring (bicyclic) bond motifs is 1. The van der Waals surface area contributed by atoms with Gasteiger partial charge in [0.2, 0.25) is 0 Å². The van der Waals surface area contributed by atoms with Crippen molar-refractivity contribution in [1.82, 2.24) is 0 Å². The molecular weight excluding hydrogens is 454 g/mol. The SMILES string of the molecule is C#Cc1ccc2c(OCCCS(=O)(=O)[O-])cccc2c1OCCCS(=O)(=O)[O-].[Na+].[Na+]. The third kappa shape index (κ3) is 9.87. The fraction of sp³-hybridized carbons (Fsp3) is 0.333. The Kier molecular flexibility index (Phi) is 13.1. The Balaban J connectivity index is 0.00000420. The zero-order chi connectivity index (χ0) is 20.8. The van der Waals surface area contributed by atoms with Gasteiger partial charge in [-0.15, -0.1) is 6.42 Å². The van der Waals surface area contributed by atoms with Gasteiger partial charge in [-0.1, -0.05) is 18.1 Å². The van der Waals surface area contributed by atoms with Crippen molar-refractivity contribution in [3.63, 3.8) is 0 Å². The van der Waals surface area contributed by atoms with E-state index in [9.17, 15) is 25.9 Å². The molecule has 30 heavy (non-hydrogen) atoms. The molecule has 152 valence electrons. The zero-order valence-electron chi connectivity index (χ0n) is 16.8. The van der Waals surface area contributed by atoms with E-state index in [2.05, 4.69) is 5.92 Å². The van der Waals surface area contributed by atoms with Crippen LogP contribution in [0.1, 0.15) is 18.4 Å². The summed E-state index contributed by atoms with van der Waals surface area (Å²) in [5, 5.41) is 1.27. The number of terminal acetylenes is 1. The van der Waals surface area contributed by atoms with Crippen LogP contribution in [0.5, 0.6) is 11.5 Å². The minimum atomic E-state index is -4.32. The fourth-order valence-corrected chi connectivity index (χ4v) is 3.47. The second-order valence-corrected chi connectivity index (χ2v) is 8.91. The van der Waals surface area contributed by atoms with Crippen LogP contribution in [0.25, 0.3) is 10.8 Å². The van der Waals surface area contributed by atoms with Gasteiger partial charge in [0.15, 0.2) is 0 Å². The van der Waals surface area contributed by atoms with Crippen LogP contribution in [0.15, 0.2) is 30.3 Å². The molecule has 2 rings (SSSR count). The van der Waals surface area contributed by atoms with Crippen molar-refractivity contribution in [1.29, 1.82) is 0 Å². The summed E-state index contributed by atoms with van der Waals surface area (Å²) in [4.78, 5) is 0. The minimum Gasteiger partial charge on any atom is -0.748 e. The fourth-order valence-electron chi connectivity index (χ4n) is 2.52. The molecule has 0 heterocycles. The van der Waals surface area contributed by atoms with E-state index in [0.29, 0.717) is 27.8 Å².